The van der Waals surface area contributed by atoms with Crippen LogP contribution in [-0.4, -0.2) is 28.4 Å². The molecule has 21 heavy (non-hydrogen) atoms. The van der Waals surface area contributed by atoms with Gasteiger partial charge in [-0.25, -0.2) is 9.18 Å². The van der Waals surface area contributed by atoms with Crippen molar-refractivity contribution in [2.24, 2.45) is 0 Å². The van der Waals surface area contributed by atoms with Crippen LogP contribution in [0.4, 0.5) is 9.39 Å². The van der Waals surface area contributed by atoms with Crippen molar-refractivity contribution in [3.05, 3.63) is 45.3 Å². The maximum atomic E-state index is 13.4. The molecule has 1 aromatic carbocycles. The highest BCUT2D eigenvalue weighted by atomic mass is 79.9. The number of carbonyl (C=O) groups is 2. The molecular formula is C13H10BrFN2O3S. The van der Waals surface area contributed by atoms with Gasteiger partial charge in [0.1, 0.15) is 16.4 Å². The number of benzene rings is 1. The van der Waals surface area contributed by atoms with E-state index in [4.69, 9.17) is 0 Å². The fourth-order valence-corrected chi connectivity index (χ4v) is 3.11. The van der Waals surface area contributed by atoms with Crippen molar-refractivity contribution < 1.29 is 19.1 Å². The van der Waals surface area contributed by atoms with E-state index in [1.54, 1.807) is 6.92 Å². The van der Waals surface area contributed by atoms with Gasteiger partial charge in [-0.15, -0.1) is 0 Å². The van der Waals surface area contributed by atoms with Crippen LogP contribution in [0, 0.1) is 12.7 Å². The molecule has 0 spiro atoms. The van der Waals surface area contributed by atoms with Gasteiger partial charge in [0.25, 0.3) is 5.91 Å². The highest BCUT2D eigenvalue weighted by Gasteiger charge is 2.25. The molecule has 0 unspecified atom stereocenters. The zero-order valence-electron chi connectivity index (χ0n) is 11.1. The lowest BCUT2D eigenvalue weighted by molar-refractivity contribution is 0.0697. The fraction of sp³-hybridized carbons (Fsp3) is 0.154. The maximum absolute atomic E-state index is 13.4. The third kappa shape index (κ3) is 3.11. The number of carboxylic acid groups (broad SMARTS) is 1. The topological polar surface area (TPSA) is 70.5 Å². The normalized spacial score (nSPS) is 10.5. The number of hydrogen-bond donors (Lipinski definition) is 1. The predicted octanol–water partition coefficient (Wildman–Crippen LogP) is 3.33. The molecule has 1 amide bonds. The van der Waals surface area contributed by atoms with Crippen LogP contribution >= 0.6 is 27.5 Å². The van der Waals surface area contributed by atoms with Crippen molar-refractivity contribution in [1.82, 2.24) is 4.37 Å². The Morgan fingerprint density at radius 1 is 1.38 bits per heavy atom. The largest absolute Gasteiger partial charge is 0.478 e. The quantitative estimate of drug-likeness (QED) is 0.896. The van der Waals surface area contributed by atoms with Gasteiger partial charge in [-0.05, 0) is 36.7 Å². The minimum Gasteiger partial charge on any atom is -0.478 e. The molecule has 8 heteroatoms. The summed E-state index contributed by atoms with van der Waals surface area (Å²) in [5.41, 5.74) is 0.431. The van der Waals surface area contributed by atoms with Crippen LogP contribution in [0.15, 0.2) is 22.7 Å². The number of carbonyl (C=O) groups excluding carboxylic acids is 1. The van der Waals surface area contributed by atoms with Crippen LogP contribution in [-0.2, 0) is 0 Å². The van der Waals surface area contributed by atoms with Gasteiger partial charge in [-0.2, -0.15) is 4.37 Å². The second kappa shape index (κ2) is 5.90. The van der Waals surface area contributed by atoms with E-state index in [0.717, 1.165) is 22.5 Å². The Bertz CT molecular complexity index is 712. The lowest BCUT2D eigenvalue weighted by atomic mass is 10.2. The number of halogens is 2. The van der Waals surface area contributed by atoms with Crippen molar-refractivity contribution in [2.45, 2.75) is 6.92 Å². The Morgan fingerprint density at radius 3 is 2.62 bits per heavy atom. The van der Waals surface area contributed by atoms with Gasteiger partial charge in [0.2, 0.25) is 0 Å². The van der Waals surface area contributed by atoms with Crippen LogP contribution < -0.4 is 4.90 Å². The zero-order chi connectivity index (χ0) is 15.7. The van der Waals surface area contributed by atoms with Gasteiger partial charge >= 0.3 is 5.97 Å². The first-order valence-corrected chi connectivity index (χ1v) is 7.31. The first kappa shape index (κ1) is 15.6. The number of nitrogens with zero attached hydrogens (tertiary/aromatic N) is 2. The Labute approximate surface area is 132 Å². The molecule has 0 saturated carbocycles. The molecule has 0 atom stereocenters. The molecule has 2 aromatic rings. The molecular weight excluding hydrogens is 363 g/mol. The van der Waals surface area contributed by atoms with Gasteiger partial charge in [0, 0.05) is 17.1 Å². The summed E-state index contributed by atoms with van der Waals surface area (Å²) in [5.74, 6) is -2.22. The van der Waals surface area contributed by atoms with Gasteiger partial charge in [0.15, 0.2) is 0 Å². The second-order valence-electron chi connectivity index (χ2n) is 4.28. The van der Waals surface area contributed by atoms with Crippen molar-refractivity contribution in [2.75, 3.05) is 11.9 Å². The minimum absolute atomic E-state index is 0.0219. The summed E-state index contributed by atoms with van der Waals surface area (Å²) in [7, 11) is 1.43. The molecule has 1 aromatic heterocycles. The minimum atomic E-state index is -1.16. The summed E-state index contributed by atoms with van der Waals surface area (Å²) in [4.78, 5) is 24.8. The standard InChI is InChI=1S/C13H10BrFN2O3S/c1-6-10(13(19)20)12(21-16-6)17(2)11(18)7-3-8(14)5-9(15)4-7/h3-5H,1-2H3,(H,19,20). The van der Waals surface area contributed by atoms with Crippen molar-refractivity contribution in [3.8, 4) is 0 Å². The van der Waals surface area contributed by atoms with Gasteiger partial charge in [-0.1, -0.05) is 15.9 Å². The summed E-state index contributed by atoms with van der Waals surface area (Å²) < 4.78 is 17.7. The van der Waals surface area contributed by atoms with E-state index >= 15 is 0 Å². The van der Waals surface area contributed by atoms with E-state index in [9.17, 15) is 19.1 Å². The molecule has 1 heterocycles. The lowest BCUT2D eigenvalue weighted by Gasteiger charge is -2.16. The molecule has 1 N–H and O–H groups in total. The number of rotatable bonds is 3. The van der Waals surface area contributed by atoms with E-state index < -0.39 is 17.7 Å². The molecule has 5 nitrogen and oxygen atoms in total. The highest BCUT2D eigenvalue weighted by molar-refractivity contribution is 9.10. The van der Waals surface area contributed by atoms with Gasteiger partial charge in [0.05, 0.1) is 5.69 Å². The summed E-state index contributed by atoms with van der Waals surface area (Å²) in [5, 5.41) is 9.40. The van der Waals surface area contributed by atoms with E-state index in [0.29, 0.717) is 10.2 Å². The summed E-state index contributed by atoms with van der Waals surface area (Å²) >= 11 is 4.03. The Morgan fingerprint density at radius 2 is 2.05 bits per heavy atom. The number of hydrogen-bond acceptors (Lipinski definition) is 4. The summed E-state index contributed by atoms with van der Waals surface area (Å²) in [6, 6.07) is 3.80. The van der Waals surface area contributed by atoms with Crippen molar-refractivity contribution >= 4 is 44.3 Å². The highest BCUT2D eigenvalue weighted by Crippen LogP contribution is 2.29. The van der Waals surface area contributed by atoms with Crippen molar-refractivity contribution in [3.63, 3.8) is 0 Å². The monoisotopic (exact) mass is 372 g/mol. The first-order valence-electron chi connectivity index (χ1n) is 5.75. The molecule has 0 saturated heterocycles. The number of carboxylic acids is 1. The summed E-state index contributed by atoms with van der Waals surface area (Å²) in [6.07, 6.45) is 0. The number of aryl methyl sites for hydroxylation is 1. The van der Waals surface area contributed by atoms with Crippen LogP contribution in [0.5, 0.6) is 0 Å². The molecule has 0 aliphatic heterocycles. The Balaban J connectivity index is 2.42. The maximum Gasteiger partial charge on any atom is 0.340 e. The Kier molecular flexibility index (Phi) is 4.38. The predicted molar refractivity (Wildman–Crippen MR) is 80.6 cm³/mol. The molecule has 0 bridgehead atoms. The average Bonchev–Trinajstić information content (AvgIpc) is 2.77. The van der Waals surface area contributed by atoms with Crippen LogP contribution in [0.1, 0.15) is 26.4 Å². The average molecular weight is 373 g/mol. The molecule has 110 valence electrons. The number of amides is 1. The van der Waals surface area contributed by atoms with E-state index in [1.807, 2.05) is 0 Å². The summed E-state index contributed by atoms with van der Waals surface area (Å²) in [6.45, 7) is 1.56. The molecule has 0 aliphatic carbocycles. The van der Waals surface area contributed by atoms with Crippen LogP contribution in [0.2, 0.25) is 0 Å². The number of aromatic nitrogens is 1. The van der Waals surface area contributed by atoms with Gasteiger partial charge < -0.3 is 10.0 Å². The molecule has 0 radical (unpaired) electrons. The Hall–Kier alpha value is -1.80. The van der Waals surface area contributed by atoms with Gasteiger partial charge in [-0.3, -0.25) is 4.79 Å². The number of anilines is 1. The fourth-order valence-electron chi connectivity index (χ4n) is 1.80. The SMILES string of the molecule is Cc1nsc(N(C)C(=O)c2cc(F)cc(Br)c2)c1C(=O)O. The second-order valence-corrected chi connectivity index (χ2v) is 5.94. The lowest BCUT2D eigenvalue weighted by Crippen LogP contribution is -2.27. The molecule has 0 aliphatic rings. The third-order valence-corrected chi connectivity index (χ3v) is 4.25. The first-order chi connectivity index (χ1) is 9.81. The van der Waals surface area contributed by atoms with Crippen molar-refractivity contribution in [1.29, 1.82) is 0 Å². The van der Waals surface area contributed by atoms with E-state index in [-0.39, 0.29) is 16.1 Å². The zero-order valence-corrected chi connectivity index (χ0v) is 13.5. The molecule has 2 rings (SSSR count). The number of aromatic carboxylic acids is 1. The third-order valence-electron chi connectivity index (χ3n) is 2.78. The molecule has 0 fully saturated rings. The van der Waals surface area contributed by atoms with E-state index in [2.05, 4.69) is 20.3 Å². The van der Waals surface area contributed by atoms with Crippen LogP contribution in [0.3, 0.4) is 0 Å². The smallest absolute Gasteiger partial charge is 0.340 e. The van der Waals surface area contributed by atoms with E-state index in [1.165, 1.54) is 19.2 Å². The van der Waals surface area contributed by atoms with Crippen LogP contribution in [0.25, 0.3) is 0 Å².